The van der Waals surface area contributed by atoms with E-state index in [1.54, 1.807) is 7.11 Å². The van der Waals surface area contributed by atoms with Crippen molar-refractivity contribution < 1.29 is 4.74 Å². The number of hydrogen-bond donors (Lipinski definition) is 0. The van der Waals surface area contributed by atoms with Crippen molar-refractivity contribution in [3.05, 3.63) is 32.2 Å². The number of nitrogens with zero attached hydrogens (tertiary/aromatic N) is 1. The lowest BCUT2D eigenvalue weighted by atomic mass is 9.93. The Labute approximate surface area is 110 Å². The van der Waals surface area contributed by atoms with Crippen LogP contribution in [0.3, 0.4) is 0 Å². The molecule has 0 unspecified atom stereocenters. The molecule has 0 fully saturated rings. The van der Waals surface area contributed by atoms with Crippen LogP contribution in [-0.4, -0.2) is 18.3 Å². The lowest BCUT2D eigenvalue weighted by Crippen LogP contribution is -2.27. The highest BCUT2D eigenvalue weighted by Gasteiger charge is 2.17. The van der Waals surface area contributed by atoms with E-state index in [4.69, 9.17) is 4.74 Å². The molecule has 3 nitrogen and oxygen atoms in total. The number of aryl methyl sites for hydroxylation is 1. The number of aromatic nitrogens is 1. The van der Waals surface area contributed by atoms with Crippen LogP contribution in [0.2, 0.25) is 0 Å². The number of halogens is 1. The molecule has 0 N–H and O–H groups in total. The first-order valence-corrected chi connectivity index (χ1v) is 6.93. The number of pyridine rings is 1. The van der Waals surface area contributed by atoms with Gasteiger partial charge in [0.1, 0.15) is 0 Å². The lowest BCUT2D eigenvalue weighted by molar-refractivity contribution is 0.190. The van der Waals surface area contributed by atoms with Gasteiger partial charge < -0.3 is 9.30 Å². The molecule has 4 heteroatoms. The molecule has 94 valence electrons. The molecular formula is C13H18BrNO2. The van der Waals surface area contributed by atoms with Gasteiger partial charge in [-0.3, -0.25) is 4.79 Å². The van der Waals surface area contributed by atoms with Crippen LogP contribution in [0.1, 0.15) is 30.4 Å². The van der Waals surface area contributed by atoms with E-state index >= 15 is 0 Å². The molecule has 0 radical (unpaired) electrons. The molecule has 1 aliphatic carbocycles. The van der Waals surface area contributed by atoms with Crippen LogP contribution >= 0.6 is 15.9 Å². The molecule has 0 saturated carbocycles. The Hall–Kier alpha value is -0.610. The maximum atomic E-state index is 12.3. The van der Waals surface area contributed by atoms with Gasteiger partial charge in [-0.1, -0.05) is 0 Å². The minimum Gasteiger partial charge on any atom is -0.385 e. The maximum absolute atomic E-state index is 12.3. The Morgan fingerprint density at radius 3 is 2.76 bits per heavy atom. The van der Waals surface area contributed by atoms with E-state index in [-0.39, 0.29) is 5.56 Å². The molecule has 0 atom stereocenters. The quantitative estimate of drug-likeness (QED) is 0.800. The molecule has 1 aliphatic rings. The van der Waals surface area contributed by atoms with Crippen molar-refractivity contribution in [1.29, 1.82) is 0 Å². The van der Waals surface area contributed by atoms with Gasteiger partial charge in [0.25, 0.3) is 5.56 Å². The Morgan fingerprint density at radius 2 is 2.06 bits per heavy atom. The van der Waals surface area contributed by atoms with Crippen molar-refractivity contribution in [3.63, 3.8) is 0 Å². The molecule has 0 aromatic carbocycles. The van der Waals surface area contributed by atoms with Gasteiger partial charge in [-0.2, -0.15) is 0 Å². The van der Waals surface area contributed by atoms with Gasteiger partial charge in [-0.15, -0.1) is 0 Å². The fraction of sp³-hybridized carbons (Fsp3) is 0.615. The van der Waals surface area contributed by atoms with Crippen molar-refractivity contribution in [2.45, 2.75) is 38.6 Å². The van der Waals surface area contributed by atoms with E-state index < -0.39 is 0 Å². The Kier molecular flexibility index (Phi) is 4.40. The van der Waals surface area contributed by atoms with Crippen LogP contribution in [0, 0.1) is 0 Å². The zero-order valence-corrected chi connectivity index (χ0v) is 11.8. The van der Waals surface area contributed by atoms with Crippen LogP contribution in [0.25, 0.3) is 0 Å². The van der Waals surface area contributed by atoms with E-state index in [2.05, 4.69) is 15.9 Å². The number of hydrogen-bond acceptors (Lipinski definition) is 2. The second-order valence-electron chi connectivity index (χ2n) is 4.49. The molecule has 0 saturated heterocycles. The number of methoxy groups -OCH3 is 1. The highest BCUT2D eigenvalue weighted by molar-refractivity contribution is 9.10. The number of rotatable bonds is 4. The summed E-state index contributed by atoms with van der Waals surface area (Å²) in [5, 5.41) is 0. The van der Waals surface area contributed by atoms with E-state index in [1.807, 2.05) is 10.8 Å². The fourth-order valence-corrected chi connectivity index (χ4v) is 3.08. The number of fused-ring (bicyclic) bond motifs is 1. The van der Waals surface area contributed by atoms with Crippen molar-refractivity contribution in [1.82, 2.24) is 4.57 Å². The maximum Gasteiger partial charge on any atom is 0.254 e. The average molecular weight is 300 g/mol. The SMILES string of the molecule is COCCCn1cc(Br)c2c(c1=O)CCCC2. The van der Waals surface area contributed by atoms with Gasteiger partial charge in [-0.05, 0) is 53.6 Å². The minimum absolute atomic E-state index is 0.194. The van der Waals surface area contributed by atoms with E-state index in [1.165, 1.54) is 12.0 Å². The summed E-state index contributed by atoms with van der Waals surface area (Å²) in [5.41, 5.74) is 2.44. The van der Waals surface area contributed by atoms with E-state index in [0.29, 0.717) is 6.61 Å². The molecule has 0 amide bonds. The van der Waals surface area contributed by atoms with Crippen molar-refractivity contribution in [2.24, 2.45) is 0 Å². The lowest BCUT2D eigenvalue weighted by Gasteiger charge is -2.18. The summed E-state index contributed by atoms with van der Waals surface area (Å²) in [5.74, 6) is 0. The van der Waals surface area contributed by atoms with E-state index in [9.17, 15) is 4.79 Å². The van der Waals surface area contributed by atoms with Crippen molar-refractivity contribution in [3.8, 4) is 0 Å². The van der Waals surface area contributed by atoms with Gasteiger partial charge in [0, 0.05) is 36.5 Å². The second-order valence-corrected chi connectivity index (χ2v) is 5.34. The first-order valence-electron chi connectivity index (χ1n) is 6.13. The summed E-state index contributed by atoms with van der Waals surface area (Å²) < 4.78 is 7.92. The standard InChI is InChI=1S/C13H18BrNO2/c1-17-8-4-7-15-9-12(14)10-5-2-3-6-11(10)13(15)16/h9H,2-8H2,1H3. The first kappa shape index (κ1) is 12.8. The summed E-state index contributed by atoms with van der Waals surface area (Å²) in [7, 11) is 1.69. The molecule has 0 bridgehead atoms. The van der Waals surface area contributed by atoms with Crippen LogP contribution < -0.4 is 5.56 Å². The predicted octanol–water partition coefficient (Wildman–Crippen LogP) is 2.53. The molecule has 1 heterocycles. The summed E-state index contributed by atoms with van der Waals surface area (Å²) in [6.45, 7) is 1.43. The zero-order chi connectivity index (χ0) is 12.3. The third kappa shape index (κ3) is 2.80. The second kappa shape index (κ2) is 5.83. The fourth-order valence-electron chi connectivity index (χ4n) is 2.40. The van der Waals surface area contributed by atoms with Crippen LogP contribution in [0.4, 0.5) is 0 Å². The summed E-state index contributed by atoms with van der Waals surface area (Å²) in [4.78, 5) is 12.3. The summed E-state index contributed by atoms with van der Waals surface area (Å²) in [6.07, 6.45) is 7.10. The van der Waals surface area contributed by atoms with Crippen LogP contribution in [0.5, 0.6) is 0 Å². The molecular weight excluding hydrogens is 282 g/mol. The van der Waals surface area contributed by atoms with Gasteiger partial charge in [0.15, 0.2) is 0 Å². The molecule has 2 rings (SSSR count). The monoisotopic (exact) mass is 299 g/mol. The van der Waals surface area contributed by atoms with Crippen LogP contribution in [0.15, 0.2) is 15.5 Å². The predicted molar refractivity (Wildman–Crippen MR) is 71.5 cm³/mol. The largest absolute Gasteiger partial charge is 0.385 e. The highest BCUT2D eigenvalue weighted by atomic mass is 79.9. The Bertz CT molecular complexity index is 453. The molecule has 17 heavy (non-hydrogen) atoms. The Balaban J connectivity index is 2.28. The first-order chi connectivity index (χ1) is 8.24. The topological polar surface area (TPSA) is 31.2 Å². The van der Waals surface area contributed by atoms with Gasteiger partial charge in [0.05, 0.1) is 0 Å². The third-order valence-corrected chi connectivity index (χ3v) is 3.98. The zero-order valence-electron chi connectivity index (χ0n) is 10.2. The van der Waals surface area contributed by atoms with Gasteiger partial charge in [-0.25, -0.2) is 0 Å². The summed E-state index contributed by atoms with van der Waals surface area (Å²) >= 11 is 3.59. The van der Waals surface area contributed by atoms with Gasteiger partial charge >= 0.3 is 0 Å². The van der Waals surface area contributed by atoms with Crippen molar-refractivity contribution in [2.75, 3.05) is 13.7 Å². The molecule has 0 aliphatic heterocycles. The average Bonchev–Trinajstić information content (AvgIpc) is 2.36. The van der Waals surface area contributed by atoms with Crippen molar-refractivity contribution >= 4 is 15.9 Å². The van der Waals surface area contributed by atoms with E-state index in [0.717, 1.165) is 42.3 Å². The van der Waals surface area contributed by atoms with Gasteiger partial charge in [0.2, 0.25) is 0 Å². The normalized spacial score (nSPS) is 14.7. The third-order valence-electron chi connectivity index (χ3n) is 3.29. The number of ether oxygens (including phenoxy) is 1. The smallest absolute Gasteiger partial charge is 0.254 e. The Morgan fingerprint density at radius 1 is 1.35 bits per heavy atom. The molecule has 1 aromatic rings. The van der Waals surface area contributed by atoms with Crippen LogP contribution in [-0.2, 0) is 24.1 Å². The minimum atomic E-state index is 0.194. The molecule has 1 aromatic heterocycles. The highest BCUT2D eigenvalue weighted by Crippen LogP contribution is 2.25. The molecule has 0 spiro atoms. The summed E-state index contributed by atoms with van der Waals surface area (Å²) in [6, 6.07) is 0.